The van der Waals surface area contributed by atoms with Crippen LogP contribution in [0.1, 0.15) is 43.9 Å². The fourth-order valence-corrected chi connectivity index (χ4v) is 2.57. The van der Waals surface area contributed by atoms with Crippen molar-refractivity contribution in [1.29, 1.82) is 0 Å². The largest absolute Gasteiger partial charge is 0.440 e. The molecule has 1 aromatic heterocycles. The Morgan fingerprint density at radius 3 is 2.85 bits per heavy atom. The number of hydrogen-bond donors (Lipinski definition) is 2. The molecular formula is C15H17N3O2. The van der Waals surface area contributed by atoms with Gasteiger partial charge in [0.25, 0.3) is 0 Å². The molecule has 0 saturated heterocycles. The summed E-state index contributed by atoms with van der Waals surface area (Å²) in [6.45, 7) is 0. The summed E-state index contributed by atoms with van der Waals surface area (Å²) in [6, 6.07) is 5.54. The predicted octanol–water partition coefficient (Wildman–Crippen LogP) is 2.53. The molecule has 5 heteroatoms. The van der Waals surface area contributed by atoms with Crippen LogP contribution >= 0.6 is 0 Å². The molecule has 2 saturated carbocycles. The number of fused-ring (bicyclic) bond motifs is 1. The minimum atomic E-state index is -0.683. The van der Waals surface area contributed by atoms with E-state index in [0.29, 0.717) is 5.92 Å². The summed E-state index contributed by atoms with van der Waals surface area (Å²) >= 11 is 0. The molecule has 1 amide bonds. The normalized spacial score (nSPS) is 20.6. The van der Waals surface area contributed by atoms with Gasteiger partial charge in [0.1, 0.15) is 5.52 Å². The van der Waals surface area contributed by atoms with Crippen LogP contribution < -0.4 is 11.1 Å². The van der Waals surface area contributed by atoms with Crippen molar-refractivity contribution < 1.29 is 9.21 Å². The van der Waals surface area contributed by atoms with E-state index in [1.807, 2.05) is 18.2 Å². The maximum Gasteiger partial charge on any atom is 0.244 e. The van der Waals surface area contributed by atoms with Crippen molar-refractivity contribution >= 4 is 22.7 Å². The van der Waals surface area contributed by atoms with Gasteiger partial charge in [-0.1, -0.05) is 0 Å². The molecule has 104 valence electrons. The first kappa shape index (κ1) is 11.9. The van der Waals surface area contributed by atoms with E-state index in [1.165, 1.54) is 0 Å². The zero-order chi connectivity index (χ0) is 13.7. The van der Waals surface area contributed by atoms with Gasteiger partial charge in [-0.15, -0.1) is 0 Å². The SMILES string of the molecule is NC1(C(=O)Nc2ccc3oc(C4CC4)nc3c2)CCC1. The van der Waals surface area contributed by atoms with Gasteiger partial charge in [0.15, 0.2) is 11.5 Å². The second-order valence-corrected chi connectivity index (χ2v) is 5.97. The van der Waals surface area contributed by atoms with E-state index < -0.39 is 5.54 Å². The lowest BCUT2D eigenvalue weighted by molar-refractivity contribution is -0.123. The van der Waals surface area contributed by atoms with E-state index in [-0.39, 0.29) is 5.91 Å². The molecule has 4 rings (SSSR count). The van der Waals surface area contributed by atoms with E-state index >= 15 is 0 Å². The maximum absolute atomic E-state index is 12.1. The van der Waals surface area contributed by atoms with Gasteiger partial charge in [0.05, 0.1) is 5.54 Å². The number of nitrogens with two attached hydrogens (primary N) is 1. The number of amides is 1. The minimum absolute atomic E-state index is 0.103. The summed E-state index contributed by atoms with van der Waals surface area (Å²) in [5.41, 5.74) is 7.63. The molecule has 20 heavy (non-hydrogen) atoms. The third-order valence-electron chi connectivity index (χ3n) is 4.29. The number of oxazole rings is 1. The van der Waals surface area contributed by atoms with Gasteiger partial charge < -0.3 is 15.5 Å². The Morgan fingerprint density at radius 1 is 1.40 bits per heavy atom. The Labute approximate surface area is 116 Å². The molecule has 2 fully saturated rings. The summed E-state index contributed by atoms with van der Waals surface area (Å²) in [7, 11) is 0. The fourth-order valence-electron chi connectivity index (χ4n) is 2.57. The van der Waals surface area contributed by atoms with Gasteiger partial charge in [-0.3, -0.25) is 4.79 Å². The van der Waals surface area contributed by atoms with Crippen LogP contribution in [0.5, 0.6) is 0 Å². The van der Waals surface area contributed by atoms with Crippen LogP contribution in [0.4, 0.5) is 5.69 Å². The predicted molar refractivity (Wildman–Crippen MR) is 75.4 cm³/mol. The summed E-state index contributed by atoms with van der Waals surface area (Å²) in [5, 5.41) is 2.89. The Bertz CT molecular complexity index is 683. The van der Waals surface area contributed by atoms with Crippen LogP contribution in [-0.4, -0.2) is 16.4 Å². The number of aromatic nitrogens is 1. The first-order valence-corrected chi connectivity index (χ1v) is 7.15. The lowest BCUT2D eigenvalue weighted by Crippen LogP contribution is -2.56. The molecule has 5 nitrogen and oxygen atoms in total. The topological polar surface area (TPSA) is 81.2 Å². The number of carbonyl (C=O) groups excluding carboxylic acids is 1. The molecule has 0 aliphatic heterocycles. The smallest absolute Gasteiger partial charge is 0.244 e. The van der Waals surface area contributed by atoms with Crippen LogP contribution in [0, 0.1) is 0 Å². The van der Waals surface area contributed by atoms with Crippen molar-refractivity contribution in [1.82, 2.24) is 4.98 Å². The van der Waals surface area contributed by atoms with Crippen LogP contribution in [0.3, 0.4) is 0 Å². The highest BCUT2D eigenvalue weighted by Crippen LogP contribution is 2.40. The monoisotopic (exact) mass is 271 g/mol. The molecule has 0 bridgehead atoms. The standard InChI is InChI=1S/C15H17N3O2/c16-15(6-1-7-15)14(19)17-10-4-5-12-11(8-10)18-13(20-12)9-2-3-9/h4-5,8-9H,1-3,6-7,16H2,(H,17,19). The van der Waals surface area contributed by atoms with Crippen LogP contribution in [0.2, 0.25) is 0 Å². The van der Waals surface area contributed by atoms with Gasteiger partial charge in [0.2, 0.25) is 5.91 Å². The number of nitrogens with one attached hydrogen (secondary N) is 1. The highest BCUT2D eigenvalue weighted by atomic mass is 16.3. The van der Waals surface area contributed by atoms with E-state index in [9.17, 15) is 4.79 Å². The van der Waals surface area contributed by atoms with Crippen LogP contribution in [-0.2, 0) is 4.79 Å². The van der Waals surface area contributed by atoms with Crippen LogP contribution in [0.15, 0.2) is 22.6 Å². The molecular weight excluding hydrogens is 254 g/mol. The molecule has 1 heterocycles. The average Bonchev–Trinajstić information content (AvgIpc) is 3.16. The average molecular weight is 271 g/mol. The highest BCUT2D eigenvalue weighted by molar-refractivity contribution is 5.99. The number of anilines is 1. The lowest BCUT2D eigenvalue weighted by Gasteiger charge is -2.36. The quantitative estimate of drug-likeness (QED) is 0.898. The van der Waals surface area contributed by atoms with Crippen LogP contribution in [0.25, 0.3) is 11.1 Å². The van der Waals surface area contributed by atoms with Gasteiger partial charge in [0, 0.05) is 11.6 Å². The van der Waals surface area contributed by atoms with E-state index in [0.717, 1.165) is 54.8 Å². The molecule has 2 aliphatic carbocycles. The molecule has 2 aliphatic rings. The van der Waals surface area contributed by atoms with E-state index in [4.69, 9.17) is 10.2 Å². The Kier molecular flexibility index (Phi) is 2.41. The van der Waals surface area contributed by atoms with Gasteiger partial charge in [-0.25, -0.2) is 4.98 Å². The number of benzene rings is 1. The fraction of sp³-hybridized carbons (Fsp3) is 0.467. The molecule has 0 radical (unpaired) electrons. The first-order valence-electron chi connectivity index (χ1n) is 7.15. The molecule has 1 aromatic carbocycles. The second-order valence-electron chi connectivity index (χ2n) is 5.97. The summed E-state index contributed by atoms with van der Waals surface area (Å²) < 4.78 is 5.70. The van der Waals surface area contributed by atoms with E-state index in [1.54, 1.807) is 0 Å². The zero-order valence-electron chi connectivity index (χ0n) is 11.2. The van der Waals surface area contributed by atoms with Crippen molar-refractivity contribution in [2.24, 2.45) is 5.73 Å². The van der Waals surface area contributed by atoms with Gasteiger partial charge >= 0.3 is 0 Å². The minimum Gasteiger partial charge on any atom is -0.440 e. The number of hydrogen-bond acceptors (Lipinski definition) is 4. The Morgan fingerprint density at radius 2 is 2.20 bits per heavy atom. The van der Waals surface area contributed by atoms with Crippen molar-refractivity contribution in [3.63, 3.8) is 0 Å². The number of carbonyl (C=O) groups is 1. The molecule has 0 unspecified atom stereocenters. The molecule has 0 spiro atoms. The lowest BCUT2D eigenvalue weighted by atomic mass is 9.77. The van der Waals surface area contributed by atoms with Crippen molar-refractivity contribution in [2.45, 2.75) is 43.6 Å². The van der Waals surface area contributed by atoms with Crippen molar-refractivity contribution in [2.75, 3.05) is 5.32 Å². The molecule has 2 aromatic rings. The molecule has 0 atom stereocenters. The van der Waals surface area contributed by atoms with E-state index in [2.05, 4.69) is 10.3 Å². The summed E-state index contributed by atoms with van der Waals surface area (Å²) in [6.07, 6.45) is 4.86. The third kappa shape index (κ3) is 1.89. The maximum atomic E-state index is 12.1. The van der Waals surface area contributed by atoms with Gasteiger partial charge in [-0.05, 0) is 50.3 Å². The Hall–Kier alpha value is -1.88. The number of rotatable bonds is 3. The van der Waals surface area contributed by atoms with Crippen molar-refractivity contribution in [3.8, 4) is 0 Å². The molecule has 3 N–H and O–H groups in total. The number of nitrogens with zero attached hydrogens (tertiary/aromatic N) is 1. The summed E-state index contributed by atoms with van der Waals surface area (Å²) in [5.74, 6) is 1.20. The third-order valence-corrected chi connectivity index (χ3v) is 4.29. The second kappa shape index (κ2) is 4.06. The zero-order valence-corrected chi connectivity index (χ0v) is 11.2. The van der Waals surface area contributed by atoms with Crippen molar-refractivity contribution in [3.05, 3.63) is 24.1 Å². The highest BCUT2D eigenvalue weighted by Gasteiger charge is 2.40. The first-order chi connectivity index (χ1) is 9.64. The van der Waals surface area contributed by atoms with Gasteiger partial charge in [-0.2, -0.15) is 0 Å². The summed E-state index contributed by atoms with van der Waals surface area (Å²) in [4.78, 5) is 16.6. The Balaban J connectivity index is 1.58.